The summed E-state index contributed by atoms with van der Waals surface area (Å²) in [5.74, 6) is 1.07. The summed E-state index contributed by atoms with van der Waals surface area (Å²) in [6.07, 6.45) is 2.77. The molecule has 2 heterocycles. The maximum Gasteiger partial charge on any atom is 0.246 e. The topological polar surface area (TPSA) is 76.5 Å². The molecule has 18 heavy (non-hydrogen) atoms. The molecule has 1 aromatic rings. The highest BCUT2D eigenvalue weighted by Crippen LogP contribution is 2.28. The Bertz CT molecular complexity index is 521. The minimum atomic E-state index is -3.47. The average Bonchev–Trinajstić information content (AvgIpc) is 2.69. The lowest BCUT2D eigenvalue weighted by atomic mass is 10.1. The molecule has 0 bridgehead atoms. The molecule has 0 spiro atoms. The second-order valence-corrected chi connectivity index (χ2v) is 6.64. The van der Waals surface area contributed by atoms with E-state index in [1.54, 1.807) is 19.9 Å². The smallest absolute Gasteiger partial charge is 0.246 e. The van der Waals surface area contributed by atoms with Crippen molar-refractivity contribution in [3.8, 4) is 0 Å². The van der Waals surface area contributed by atoms with E-state index in [1.807, 2.05) is 0 Å². The Morgan fingerprint density at radius 2 is 2.17 bits per heavy atom. The lowest BCUT2D eigenvalue weighted by Crippen LogP contribution is -2.47. The van der Waals surface area contributed by atoms with E-state index in [1.165, 1.54) is 4.31 Å². The van der Waals surface area contributed by atoms with Crippen LogP contribution in [0.4, 0.5) is 0 Å². The Morgan fingerprint density at radius 3 is 2.72 bits per heavy atom. The van der Waals surface area contributed by atoms with Crippen molar-refractivity contribution in [2.24, 2.45) is 5.73 Å². The number of nitrogens with zero attached hydrogens (tertiary/aromatic N) is 1. The molecule has 0 radical (unpaired) electrons. The van der Waals surface area contributed by atoms with Gasteiger partial charge in [-0.1, -0.05) is 6.42 Å². The quantitative estimate of drug-likeness (QED) is 0.902. The molecule has 1 aliphatic heterocycles. The number of furan rings is 1. The van der Waals surface area contributed by atoms with E-state index in [0.717, 1.165) is 19.3 Å². The highest BCUT2D eigenvalue weighted by Gasteiger charge is 2.34. The van der Waals surface area contributed by atoms with Crippen molar-refractivity contribution in [1.82, 2.24) is 4.31 Å². The first-order valence-corrected chi connectivity index (χ1v) is 7.69. The molecule has 0 aromatic carbocycles. The molecule has 1 saturated heterocycles. The Morgan fingerprint density at radius 1 is 1.44 bits per heavy atom. The Balaban J connectivity index is 2.38. The van der Waals surface area contributed by atoms with Crippen LogP contribution in [0.25, 0.3) is 0 Å². The van der Waals surface area contributed by atoms with E-state index in [9.17, 15) is 8.42 Å². The SMILES string of the molecule is Cc1cc(S(=O)(=O)N2CCCC[C@H]2CN)c(C)o1. The Hall–Kier alpha value is -0.850. The number of piperidine rings is 1. The van der Waals surface area contributed by atoms with Gasteiger partial charge in [-0.25, -0.2) is 8.42 Å². The molecule has 102 valence electrons. The van der Waals surface area contributed by atoms with Gasteiger partial charge in [-0.3, -0.25) is 0 Å². The number of sulfonamides is 1. The van der Waals surface area contributed by atoms with Crippen molar-refractivity contribution in [2.75, 3.05) is 13.1 Å². The van der Waals surface area contributed by atoms with Crippen LogP contribution in [0.5, 0.6) is 0 Å². The van der Waals surface area contributed by atoms with Gasteiger partial charge in [0.15, 0.2) is 0 Å². The fraction of sp³-hybridized carbons (Fsp3) is 0.667. The Labute approximate surface area is 108 Å². The zero-order valence-electron chi connectivity index (χ0n) is 10.8. The standard InChI is InChI=1S/C12H20N2O3S/c1-9-7-12(10(2)17-9)18(15,16)14-6-4-3-5-11(14)8-13/h7,11H,3-6,8,13H2,1-2H3/t11-/m0/s1. The van der Waals surface area contributed by atoms with Crippen molar-refractivity contribution in [2.45, 2.75) is 44.0 Å². The molecule has 1 fully saturated rings. The van der Waals surface area contributed by atoms with Crippen LogP contribution in [0.15, 0.2) is 15.4 Å². The first kappa shape index (κ1) is 13.6. The molecule has 2 rings (SSSR count). The van der Waals surface area contributed by atoms with Crippen LogP contribution < -0.4 is 5.73 Å². The van der Waals surface area contributed by atoms with E-state index < -0.39 is 10.0 Å². The maximum atomic E-state index is 12.6. The van der Waals surface area contributed by atoms with Gasteiger partial charge < -0.3 is 10.2 Å². The third-order valence-electron chi connectivity index (χ3n) is 3.43. The van der Waals surface area contributed by atoms with E-state index >= 15 is 0 Å². The average molecular weight is 272 g/mol. The third-order valence-corrected chi connectivity index (χ3v) is 5.49. The summed E-state index contributed by atoms with van der Waals surface area (Å²) in [6, 6.07) is 1.51. The zero-order chi connectivity index (χ0) is 13.3. The number of hydrogen-bond donors (Lipinski definition) is 1. The van der Waals surface area contributed by atoms with Crippen LogP contribution in [0.3, 0.4) is 0 Å². The van der Waals surface area contributed by atoms with Crippen LogP contribution >= 0.6 is 0 Å². The molecule has 0 saturated carbocycles. The van der Waals surface area contributed by atoms with Crippen molar-refractivity contribution in [1.29, 1.82) is 0 Å². The molecule has 6 heteroatoms. The molecule has 0 aliphatic carbocycles. The molecule has 0 amide bonds. The zero-order valence-corrected chi connectivity index (χ0v) is 11.7. The highest BCUT2D eigenvalue weighted by atomic mass is 32.2. The molecule has 1 aliphatic rings. The molecular weight excluding hydrogens is 252 g/mol. The first-order chi connectivity index (χ1) is 8.46. The molecule has 1 atom stereocenters. The number of rotatable bonds is 3. The molecule has 1 aromatic heterocycles. The summed E-state index contributed by atoms with van der Waals surface area (Å²) in [5, 5.41) is 0. The first-order valence-electron chi connectivity index (χ1n) is 6.25. The summed E-state index contributed by atoms with van der Waals surface area (Å²) < 4.78 is 32.1. The number of nitrogens with two attached hydrogens (primary N) is 1. The van der Waals surface area contributed by atoms with E-state index in [4.69, 9.17) is 10.2 Å². The summed E-state index contributed by atoms with van der Waals surface area (Å²) in [4.78, 5) is 0.278. The summed E-state index contributed by atoms with van der Waals surface area (Å²) in [6.45, 7) is 4.35. The summed E-state index contributed by atoms with van der Waals surface area (Å²) in [5.41, 5.74) is 5.68. The minimum Gasteiger partial charge on any atom is -0.465 e. The van der Waals surface area contributed by atoms with E-state index in [2.05, 4.69) is 0 Å². The van der Waals surface area contributed by atoms with Crippen molar-refractivity contribution < 1.29 is 12.8 Å². The van der Waals surface area contributed by atoms with Gasteiger partial charge in [-0.05, 0) is 32.8 Å². The van der Waals surface area contributed by atoms with Gasteiger partial charge in [-0.15, -0.1) is 0 Å². The van der Waals surface area contributed by atoms with Gasteiger partial charge in [0.05, 0.1) is 0 Å². The predicted octanol–water partition coefficient (Wildman–Crippen LogP) is 1.40. The van der Waals surface area contributed by atoms with Crippen LogP contribution in [-0.2, 0) is 10.0 Å². The highest BCUT2D eigenvalue weighted by molar-refractivity contribution is 7.89. The normalized spacial score (nSPS) is 22.3. The van der Waals surface area contributed by atoms with Crippen molar-refractivity contribution in [3.05, 3.63) is 17.6 Å². The van der Waals surface area contributed by atoms with Gasteiger partial charge >= 0.3 is 0 Å². The van der Waals surface area contributed by atoms with Crippen molar-refractivity contribution >= 4 is 10.0 Å². The van der Waals surface area contributed by atoms with Gasteiger partial charge in [0.25, 0.3) is 0 Å². The van der Waals surface area contributed by atoms with Crippen LogP contribution in [0, 0.1) is 13.8 Å². The van der Waals surface area contributed by atoms with E-state index in [-0.39, 0.29) is 10.9 Å². The third kappa shape index (κ3) is 2.32. The summed E-state index contributed by atoms with van der Waals surface area (Å²) in [7, 11) is -3.47. The van der Waals surface area contributed by atoms with Gasteiger partial charge in [-0.2, -0.15) is 4.31 Å². The second kappa shape index (κ2) is 5.03. The lowest BCUT2D eigenvalue weighted by molar-refractivity contribution is 0.257. The second-order valence-electron chi connectivity index (χ2n) is 4.78. The van der Waals surface area contributed by atoms with Crippen LogP contribution in [0.1, 0.15) is 30.8 Å². The van der Waals surface area contributed by atoms with Gasteiger partial charge in [0, 0.05) is 19.1 Å². The fourth-order valence-electron chi connectivity index (χ4n) is 2.52. The van der Waals surface area contributed by atoms with Crippen molar-refractivity contribution in [3.63, 3.8) is 0 Å². The molecule has 5 nitrogen and oxygen atoms in total. The molecule has 0 unspecified atom stereocenters. The van der Waals surface area contributed by atoms with Gasteiger partial charge in [0.1, 0.15) is 16.4 Å². The number of aryl methyl sites for hydroxylation is 2. The van der Waals surface area contributed by atoms with Crippen LogP contribution in [-0.4, -0.2) is 31.9 Å². The minimum absolute atomic E-state index is 0.0849. The maximum absolute atomic E-state index is 12.6. The van der Waals surface area contributed by atoms with Gasteiger partial charge in [0.2, 0.25) is 10.0 Å². The largest absolute Gasteiger partial charge is 0.465 e. The lowest BCUT2D eigenvalue weighted by Gasteiger charge is -2.33. The van der Waals surface area contributed by atoms with E-state index in [0.29, 0.717) is 24.6 Å². The monoisotopic (exact) mass is 272 g/mol. The fourth-order valence-corrected chi connectivity index (χ4v) is 4.44. The number of hydrogen-bond acceptors (Lipinski definition) is 4. The Kier molecular flexibility index (Phi) is 3.79. The molecule has 2 N–H and O–H groups in total. The molecular formula is C12H20N2O3S. The predicted molar refractivity (Wildman–Crippen MR) is 68.8 cm³/mol. The van der Waals surface area contributed by atoms with Crippen LogP contribution in [0.2, 0.25) is 0 Å². The summed E-state index contributed by atoms with van der Waals surface area (Å²) >= 11 is 0.